The quantitative estimate of drug-likeness (QED) is 0.899. The lowest BCUT2D eigenvalue weighted by molar-refractivity contribution is 0.0686. The summed E-state index contributed by atoms with van der Waals surface area (Å²) >= 11 is 0. The molecule has 5 nitrogen and oxygen atoms in total. The van der Waals surface area contributed by atoms with E-state index in [1.54, 1.807) is 12.1 Å². The van der Waals surface area contributed by atoms with Gasteiger partial charge in [-0.05, 0) is 26.0 Å². The summed E-state index contributed by atoms with van der Waals surface area (Å²) in [6.07, 6.45) is 0.0737. The van der Waals surface area contributed by atoms with Crippen LogP contribution < -0.4 is 4.74 Å². The van der Waals surface area contributed by atoms with Crippen LogP contribution in [-0.2, 0) is 0 Å². The molecule has 94 valence electrons. The van der Waals surface area contributed by atoms with Crippen LogP contribution in [0.25, 0.3) is 11.3 Å². The molecule has 0 bridgehead atoms. The van der Waals surface area contributed by atoms with Crippen molar-refractivity contribution in [3.63, 3.8) is 0 Å². The summed E-state index contributed by atoms with van der Waals surface area (Å²) in [5, 5.41) is 12.2. The predicted molar refractivity (Wildman–Crippen MR) is 64.7 cm³/mol. The zero-order valence-corrected chi connectivity index (χ0v) is 10.1. The van der Waals surface area contributed by atoms with Gasteiger partial charge in [-0.3, -0.25) is 0 Å². The second kappa shape index (κ2) is 4.91. The highest BCUT2D eigenvalue weighted by Crippen LogP contribution is 2.25. The maximum absolute atomic E-state index is 10.7. The van der Waals surface area contributed by atoms with Gasteiger partial charge in [-0.25, -0.2) is 4.79 Å². The zero-order chi connectivity index (χ0) is 13.1. The molecule has 0 saturated carbocycles. The van der Waals surface area contributed by atoms with Crippen molar-refractivity contribution in [3.05, 3.63) is 36.0 Å². The molecule has 0 aliphatic carbocycles. The number of rotatable bonds is 4. The number of nitrogens with zero attached hydrogens (tertiary/aromatic N) is 1. The van der Waals surface area contributed by atoms with Crippen molar-refractivity contribution in [3.8, 4) is 17.1 Å². The van der Waals surface area contributed by atoms with Crippen LogP contribution in [0.2, 0.25) is 0 Å². The number of carbonyl (C=O) groups is 1. The number of hydrogen-bond donors (Lipinski definition) is 1. The van der Waals surface area contributed by atoms with Gasteiger partial charge >= 0.3 is 5.97 Å². The lowest BCUT2D eigenvalue weighted by Gasteiger charge is -2.09. The van der Waals surface area contributed by atoms with Gasteiger partial charge in [0.25, 0.3) is 0 Å². The first-order chi connectivity index (χ1) is 8.56. The van der Waals surface area contributed by atoms with Crippen LogP contribution in [0.4, 0.5) is 0 Å². The first kappa shape index (κ1) is 12.2. The van der Waals surface area contributed by atoms with Gasteiger partial charge in [0.15, 0.2) is 11.5 Å². The minimum absolute atomic E-state index is 0.0737. The van der Waals surface area contributed by atoms with Gasteiger partial charge in [0, 0.05) is 11.6 Å². The standard InChI is InChI=1S/C13H13NO4/c1-8(2)17-10-5-3-4-9(6-10)12-7-11(13(15)16)14-18-12/h3-8H,1-2H3,(H,15,16). The van der Waals surface area contributed by atoms with Crippen molar-refractivity contribution >= 4 is 5.97 Å². The molecule has 0 amide bonds. The highest BCUT2D eigenvalue weighted by Gasteiger charge is 2.12. The van der Waals surface area contributed by atoms with Crippen LogP contribution in [0.15, 0.2) is 34.9 Å². The number of hydrogen-bond acceptors (Lipinski definition) is 4. The fourth-order valence-corrected chi connectivity index (χ4v) is 1.51. The van der Waals surface area contributed by atoms with Gasteiger partial charge in [-0.15, -0.1) is 0 Å². The third-order valence-corrected chi connectivity index (χ3v) is 2.22. The number of carboxylic acid groups (broad SMARTS) is 1. The molecule has 5 heteroatoms. The summed E-state index contributed by atoms with van der Waals surface area (Å²) in [5.41, 5.74) is 0.619. The maximum Gasteiger partial charge on any atom is 0.358 e. The molecule has 0 fully saturated rings. The normalized spacial score (nSPS) is 10.6. The molecule has 0 radical (unpaired) electrons. The summed E-state index contributed by atoms with van der Waals surface area (Å²) in [4.78, 5) is 10.7. The molecule has 1 aromatic carbocycles. The molecule has 0 spiro atoms. The zero-order valence-electron chi connectivity index (χ0n) is 10.1. The van der Waals surface area contributed by atoms with Crippen LogP contribution >= 0.6 is 0 Å². The van der Waals surface area contributed by atoms with E-state index >= 15 is 0 Å². The van der Waals surface area contributed by atoms with Crippen LogP contribution in [0, 0.1) is 0 Å². The number of ether oxygens (including phenoxy) is 1. The number of aromatic carboxylic acids is 1. The summed E-state index contributed by atoms with van der Waals surface area (Å²) in [6, 6.07) is 8.62. The first-order valence-corrected chi connectivity index (χ1v) is 5.53. The van der Waals surface area contributed by atoms with E-state index in [2.05, 4.69) is 5.16 Å². The largest absolute Gasteiger partial charge is 0.491 e. The minimum Gasteiger partial charge on any atom is -0.491 e. The molecule has 0 saturated heterocycles. The minimum atomic E-state index is -1.11. The number of carboxylic acids is 1. The van der Waals surface area contributed by atoms with Gasteiger partial charge in [0.2, 0.25) is 0 Å². The smallest absolute Gasteiger partial charge is 0.358 e. The van der Waals surface area contributed by atoms with Gasteiger partial charge in [-0.1, -0.05) is 17.3 Å². The number of benzene rings is 1. The molecular weight excluding hydrogens is 234 g/mol. The Hall–Kier alpha value is -2.30. The van der Waals surface area contributed by atoms with E-state index in [1.165, 1.54) is 6.07 Å². The topological polar surface area (TPSA) is 72.6 Å². The summed E-state index contributed by atoms with van der Waals surface area (Å²) < 4.78 is 10.5. The van der Waals surface area contributed by atoms with Crippen molar-refractivity contribution < 1.29 is 19.2 Å². The number of aromatic nitrogens is 1. The van der Waals surface area contributed by atoms with E-state index in [4.69, 9.17) is 14.4 Å². The van der Waals surface area contributed by atoms with E-state index in [0.29, 0.717) is 11.5 Å². The Labute approximate surface area is 104 Å². The van der Waals surface area contributed by atoms with Crippen LogP contribution in [0.1, 0.15) is 24.3 Å². The molecule has 18 heavy (non-hydrogen) atoms. The lowest BCUT2D eigenvalue weighted by atomic mass is 10.1. The lowest BCUT2D eigenvalue weighted by Crippen LogP contribution is -2.05. The highest BCUT2D eigenvalue weighted by molar-refractivity contribution is 5.86. The Kier molecular flexibility index (Phi) is 3.32. The van der Waals surface area contributed by atoms with E-state index in [1.807, 2.05) is 26.0 Å². The van der Waals surface area contributed by atoms with E-state index in [9.17, 15) is 4.79 Å². The van der Waals surface area contributed by atoms with Crippen molar-refractivity contribution in [2.45, 2.75) is 20.0 Å². The highest BCUT2D eigenvalue weighted by atomic mass is 16.5. The average molecular weight is 247 g/mol. The van der Waals surface area contributed by atoms with Crippen molar-refractivity contribution in [1.29, 1.82) is 0 Å². The molecule has 2 aromatic rings. The third kappa shape index (κ3) is 2.68. The Morgan fingerprint density at radius 3 is 2.78 bits per heavy atom. The monoisotopic (exact) mass is 247 g/mol. The average Bonchev–Trinajstić information content (AvgIpc) is 2.77. The predicted octanol–water partition coefficient (Wildman–Crippen LogP) is 2.83. The SMILES string of the molecule is CC(C)Oc1cccc(-c2cc(C(=O)O)no2)c1. The summed E-state index contributed by atoms with van der Waals surface area (Å²) in [6.45, 7) is 3.87. The molecule has 0 unspecified atom stereocenters. The van der Waals surface area contributed by atoms with Gasteiger partial charge in [-0.2, -0.15) is 0 Å². The van der Waals surface area contributed by atoms with Gasteiger partial charge in [0.1, 0.15) is 5.75 Å². The Morgan fingerprint density at radius 2 is 2.17 bits per heavy atom. The third-order valence-electron chi connectivity index (χ3n) is 2.22. The molecule has 2 rings (SSSR count). The second-order valence-corrected chi connectivity index (χ2v) is 4.08. The van der Waals surface area contributed by atoms with Crippen LogP contribution in [0.3, 0.4) is 0 Å². The van der Waals surface area contributed by atoms with Gasteiger partial charge in [0.05, 0.1) is 6.10 Å². The van der Waals surface area contributed by atoms with Crippen molar-refractivity contribution in [2.24, 2.45) is 0 Å². The fraction of sp³-hybridized carbons (Fsp3) is 0.231. The Bertz CT molecular complexity index is 560. The molecule has 1 aromatic heterocycles. The molecule has 0 aliphatic rings. The molecule has 1 heterocycles. The fourth-order valence-electron chi connectivity index (χ4n) is 1.51. The molecule has 0 atom stereocenters. The molecule has 1 N–H and O–H groups in total. The Morgan fingerprint density at radius 1 is 1.39 bits per heavy atom. The summed E-state index contributed by atoms with van der Waals surface area (Å²) in [5.74, 6) is -0.00281. The van der Waals surface area contributed by atoms with Crippen LogP contribution in [-0.4, -0.2) is 22.3 Å². The van der Waals surface area contributed by atoms with Gasteiger partial charge < -0.3 is 14.4 Å². The Balaban J connectivity index is 2.29. The van der Waals surface area contributed by atoms with E-state index in [-0.39, 0.29) is 11.8 Å². The van der Waals surface area contributed by atoms with Crippen molar-refractivity contribution in [1.82, 2.24) is 5.16 Å². The second-order valence-electron chi connectivity index (χ2n) is 4.08. The first-order valence-electron chi connectivity index (χ1n) is 5.53. The van der Waals surface area contributed by atoms with E-state index in [0.717, 1.165) is 5.56 Å². The summed E-state index contributed by atoms with van der Waals surface area (Å²) in [7, 11) is 0. The maximum atomic E-state index is 10.7. The van der Waals surface area contributed by atoms with Crippen LogP contribution in [0.5, 0.6) is 5.75 Å². The van der Waals surface area contributed by atoms with Crippen molar-refractivity contribution in [2.75, 3.05) is 0 Å². The molecular formula is C13H13NO4. The molecule has 0 aliphatic heterocycles. The van der Waals surface area contributed by atoms with E-state index < -0.39 is 5.97 Å².